The minimum absolute atomic E-state index is 0.154. The van der Waals surface area contributed by atoms with Crippen LogP contribution in [0.5, 0.6) is 0 Å². The van der Waals surface area contributed by atoms with Crippen molar-refractivity contribution in [3.8, 4) is 0 Å². The third-order valence-electron chi connectivity index (χ3n) is 3.25. The van der Waals surface area contributed by atoms with Gasteiger partial charge in [0.25, 0.3) is 0 Å². The molecular formula is C13H26N4O2S. The van der Waals surface area contributed by atoms with Gasteiger partial charge in [-0.25, -0.2) is 13.1 Å². The first-order valence-corrected chi connectivity index (χ1v) is 8.65. The van der Waals surface area contributed by atoms with E-state index in [0.29, 0.717) is 6.54 Å². The lowest BCUT2D eigenvalue weighted by molar-refractivity contribution is 0.300. The second kappa shape index (κ2) is 7.75. The molecule has 0 bridgehead atoms. The van der Waals surface area contributed by atoms with Crippen LogP contribution in [0, 0.1) is 0 Å². The van der Waals surface area contributed by atoms with Crippen LogP contribution in [0.4, 0.5) is 0 Å². The second-order valence-electron chi connectivity index (χ2n) is 5.03. The summed E-state index contributed by atoms with van der Waals surface area (Å²) in [6, 6.07) is 0.154. The Balaban J connectivity index is 2.49. The van der Waals surface area contributed by atoms with Gasteiger partial charge in [-0.05, 0) is 39.9 Å². The number of sulfonamides is 1. The Morgan fingerprint density at radius 3 is 2.50 bits per heavy atom. The van der Waals surface area contributed by atoms with Gasteiger partial charge >= 0.3 is 0 Å². The molecule has 0 aromatic carbocycles. The van der Waals surface area contributed by atoms with Crippen LogP contribution < -0.4 is 4.72 Å². The molecular weight excluding hydrogens is 276 g/mol. The molecule has 1 aromatic heterocycles. The summed E-state index contributed by atoms with van der Waals surface area (Å²) in [6.45, 7) is 11.5. The first kappa shape index (κ1) is 17.1. The van der Waals surface area contributed by atoms with Gasteiger partial charge in [-0.15, -0.1) is 0 Å². The number of hydrogen-bond acceptors (Lipinski definition) is 4. The van der Waals surface area contributed by atoms with E-state index < -0.39 is 10.0 Å². The molecule has 0 saturated heterocycles. The summed E-state index contributed by atoms with van der Waals surface area (Å²) in [5.41, 5.74) is 0. The Morgan fingerprint density at radius 2 is 2.00 bits per heavy atom. The number of hydrogen-bond donors (Lipinski definition) is 1. The van der Waals surface area contributed by atoms with E-state index in [2.05, 4.69) is 28.6 Å². The number of nitrogens with one attached hydrogen (secondary N) is 1. The van der Waals surface area contributed by atoms with Crippen LogP contribution in [0.25, 0.3) is 0 Å². The van der Waals surface area contributed by atoms with Crippen molar-refractivity contribution < 1.29 is 8.42 Å². The highest BCUT2D eigenvalue weighted by Crippen LogP contribution is 2.10. The fourth-order valence-electron chi connectivity index (χ4n) is 1.87. The largest absolute Gasteiger partial charge is 0.304 e. The molecule has 0 saturated carbocycles. The molecule has 116 valence electrons. The predicted octanol–water partition coefficient (Wildman–Crippen LogP) is 1.47. The fourth-order valence-corrected chi connectivity index (χ4v) is 2.89. The van der Waals surface area contributed by atoms with Gasteiger partial charge in [-0.1, -0.05) is 13.8 Å². The molecule has 0 amide bonds. The van der Waals surface area contributed by atoms with Gasteiger partial charge in [0, 0.05) is 18.8 Å². The number of rotatable bonds is 9. The molecule has 0 aliphatic rings. The van der Waals surface area contributed by atoms with Crippen molar-refractivity contribution in [1.29, 1.82) is 0 Å². The van der Waals surface area contributed by atoms with E-state index in [-0.39, 0.29) is 10.9 Å². The molecule has 6 nitrogen and oxygen atoms in total. The highest BCUT2D eigenvalue weighted by molar-refractivity contribution is 7.89. The zero-order valence-corrected chi connectivity index (χ0v) is 13.7. The average molecular weight is 302 g/mol. The van der Waals surface area contributed by atoms with Crippen LogP contribution in [-0.2, 0) is 10.0 Å². The molecule has 1 N–H and O–H groups in total. The molecule has 1 aromatic rings. The maximum absolute atomic E-state index is 12.1. The Morgan fingerprint density at radius 1 is 1.35 bits per heavy atom. The standard InChI is InChI=1S/C13H26N4O2S/c1-5-16(6-2)9-7-8-15-20(18,19)13-10-14-17(11-13)12(3)4/h10-12,15H,5-9H2,1-4H3. The van der Waals surface area contributed by atoms with E-state index in [9.17, 15) is 8.42 Å². The van der Waals surface area contributed by atoms with E-state index in [0.717, 1.165) is 26.1 Å². The summed E-state index contributed by atoms with van der Waals surface area (Å²) in [6.07, 6.45) is 3.77. The lowest BCUT2D eigenvalue weighted by atomic mass is 10.4. The minimum atomic E-state index is -3.44. The predicted molar refractivity (Wildman–Crippen MR) is 80.2 cm³/mol. The Bertz CT molecular complexity index is 492. The van der Waals surface area contributed by atoms with Crippen molar-refractivity contribution in [2.75, 3.05) is 26.2 Å². The highest BCUT2D eigenvalue weighted by Gasteiger charge is 2.16. The van der Waals surface area contributed by atoms with Crippen molar-refractivity contribution in [1.82, 2.24) is 19.4 Å². The first-order chi connectivity index (χ1) is 9.40. The molecule has 0 atom stereocenters. The van der Waals surface area contributed by atoms with Crippen molar-refractivity contribution in [2.24, 2.45) is 0 Å². The van der Waals surface area contributed by atoms with Crippen LogP contribution in [0.2, 0.25) is 0 Å². The molecule has 7 heteroatoms. The zero-order valence-electron chi connectivity index (χ0n) is 12.8. The van der Waals surface area contributed by atoms with Crippen LogP contribution in [0.1, 0.15) is 40.2 Å². The Hall–Kier alpha value is -0.920. The summed E-state index contributed by atoms with van der Waals surface area (Å²) in [4.78, 5) is 2.50. The summed E-state index contributed by atoms with van der Waals surface area (Å²) >= 11 is 0. The van der Waals surface area contributed by atoms with Gasteiger partial charge in [0.2, 0.25) is 10.0 Å². The topological polar surface area (TPSA) is 67.2 Å². The third kappa shape index (κ3) is 4.88. The first-order valence-electron chi connectivity index (χ1n) is 7.16. The summed E-state index contributed by atoms with van der Waals surface area (Å²) in [7, 11) is -3.44. The van der Waals surface area contributed by atoms with Crippen molar-refractivity contribution in [3.63, 3.8) is 0 Å². The number of nitrogens with zero attached hydrogens (tertiary/aromatic N) is 3. The van der Waals surface area contributed by atoms with Gasteiger partial charge in [0.1, 0.15) is 4.90 Å². The minimum Gasteiger partial charge on any atom is -0.304 e. The van der Waals surface area contributed by atoms with Gasteiger partial charge in [0.05, 0.1) is 6.20 Å². The lowest BCUT2D eigenvalue weighted by Crippen LogP contribution is -2.29. The monoisotopic (exact) mass is 302 g/mol. The molecule has 20 heavy (non-hydrogen) atoms. The van der Waals surface area contributed by atoms with Crippen molar-refractivity contribution >= 4 is 10.0 Å². The Kier molecular flexibility index (Phi) is 6.64. The third-order valence-corrected chi connectivity index (χ3v) is 4.67. The van der Waals surface area contributed by atoms with Crippen LogP contribution >= 0.6 is 0 Å². The molecule has 0 radical (unpaired) electrons. The van der Waals surface area contributed by atoms with E-state index in [4.69, 9.17) is 0 Å². The van der Waals surface area contributed by atoms with Gasteiger partial charge < -0.3 is 4.90 Å². The maximum atomic E-state index is 12.1. The molecule has 0 aliphatic heterocycles. The maximum Gasteiger partial charge on any atom is 0.243 e. The second-order valence-corrected chi connectivity index (χ2v) is 6.79. The molecule has 1 heterocycles. The normalized spacial score (nSPS) is 12.5. The fraction of sp³-hybridized carbons (Fsp3) is 0.769. The molecule has 1 rings (SSSR count). The van der Waals surface area contributed by atoms with E-state index in [1.807, 2.05) is 13.8 Å². The highest BCUT2D eigenvalue weighted by atomic mass is 32.2. The zero-order chi connectivity index (χ0) is 15.2. The van der Waals surface area contributed by atoms with Crippen molar-refractivity contribution in [3.05, 3.63) is 12.4 Å². The smallest absolute Gasteiger partial charge is 0.243 e. The van der Waals surface area contributed by atoms with Crippen LogP contribution in [0.15, 0.2) is 17.3 Å². The molecule has 0 fully saturated rings. The summed E-state index contributed by atoms with van der Waals surface area (Å²) < 4.78 is 28.4. The molecule has 0 unspecified atom stereocenters. The van der Waals surface area contributed by atoms with Gasteiger partial charge in [-0.2, -0.15) is 5.10 Å². The number of aromatic nitrogens is 2. The quantitative estimate of drug-likeness (QED) is 0.702. The van der Waals surface area contributed by atoms with E-state index in [1.165, 1.54) is 6.20 Å². The summed E-state index contributed by atoms with van der Waals surface area (Å²) in [5.74, 6) is 0. The van der Waals surface area contributed by atoms with Gasteiger partial charge in [0.15, 0.2) is 0 Å². The lowest BCUT2D eigenvalue weighted by Gasteiger charge is -2.17. The van der Waals surface area contributed by atoms with Crippen molar-refractivity contribution in [2.45, 2.75) is 45.1 Å². The Labute approximate surface area is 122 Å². The summed E-state index contributed by atoms with van der Waals surface area (Å²) in [5, 5.41) is 4.05. The SMILES string of the molecule is CCN(CC)CCCNS(=O)(=O)c1cnn(C(C)C)c1. The molecule has 0 aliphatic carbocycles. The molecule has 0 spiro atoms. The van der Waals surface area contributed by atoms with E-state index >= 15 is 0 Å². The van der Waals surface area contributed by atoms with Crippen LogP contribution in [0.3, 0.4) is 0 Å². The van der Waals surface area contributed by atoms with Gasteiger partial charge in [-0.3, -0.25) is 4.68 Å². The average Bonchev–Trinajstić information content (AvgIpc) is 2.89. The van der Waals surface area contributed by atoms with E-state index in [1.54, 1.807) is 10.9 Å². The van der Waals surface area contributed by atoms with Crippen LogP contribution in [-0.4, -0.2) is 49.3 Å².